The largest absolute Gasteiger partial charge is 0.384 e. The first-order valence-corrected chi connectivity index (χ1v) is 5.74. The third-order valence-corrected chi connectivity index (χ3v) is 3.87. The van der Waals surface area contributed by atoms with Crippen LogP contribution in [0.1, 0.15) is 24.0 Å². The molecule has 2 aliphatic heterocycles. The Morgan fingerprint density at radius 1 is 1.25 bits per heavy atom. The Balaban J connectivity index is 0.000000963. The Kier molecular flexibility index (Phi) is 3.13. The lowest BCUT2D eigenvalue weighted by Crippen LogP contribution is -2.35. The van der Waals surface area contributed by atoms with Gasteiger partial charge in [-0.1, -0.05) is 12.1 Å². The van der Waals surface area contributed by atoms with Gasteiger partial charge in [-0.3, -0.25) is 0 Å². The number of ether oxygens (including phenoxy) is 1. The van der Waals surface area contributed by atoms with Gasteiger partial charge in [0.25, 0.3) is 0 Å². The minimum Gasteiger partial charge on any atom is -0.384 e. The minimum atomic E-state index is 0. The van der Waals surface area contributed by atoms with Crippen molar-refractivity contribution in [1.29, 1.82) is 0 Å². The number of hydrogen-bond donors (Lipinski definition) is 1. The Hall–Kier alpha value is -0.730. The summed E-state index contributed by atoms with van der Waals surface area (Å²) < 4.78 is 5.48. The summed E-state index contributed by atoms with van der Waals surface area (Å²) in [4.78, 5) is 0. The highest BCUT2D eigenvalue weighted by Gasteiger charge is 2.40. The van der Waals surface area contributed by atoms with Gasteiger partial charge in [0, 0.05) is 30.9 Å². The van der Waals surface area contributed by atoms with Crippen LogP contribution in [0.3, 0.4) is 0 Å². The van der Waals surface area contributed by atoms with Crippen LogP contribution in [0.5, 0.6) is 0 Å². The Bertz CT molecular complexity index is 380. The number of nitrogens with one attached hydrogen (secondary N) is 1. The van der Waals surface area contributed by atoms with Gasteiger partial charge in [-0.25, -0.2) is 0 Å². The van der Waals surface area contributed by atoms with Crippen molar-refractivity contribution in [2.45, 2.75) is 25.2 Å². The van der Waals surface area contributed by atoms with Crippen molar-refractivity contribution < 1.29 is 4.74 Å². The molecule has 0 atom stereocenters. The number of rotatable bonds is 0. The number of fused-ring (bicyclic) bond motifs is 2. The van der Waals surface area contributed by atoms with Crippen LogP contribution in [0.15, 0.2) is 18.2 Å². The maximum Gasteiger partial charge on any atom is 0.0475 e. The molecule has 3 heteroatoms. The van der Waals surface area contributed by atoms with E-state index in [0.717, 1.165) is 32.6 Å². The molecule has 2 nitrogen and oxygen atoms in total. The molecule has 0 unspecified atom stereocenters. The fourth-order valence-electron chi connectivity index (χ4n) is 3.06. The zero-order valence-corrected chi connectivity index (χ0v) is 10.4. The van der Waals surface area contributed by atoms with Crippen LogP contribution in [0, 0.1) is 6.92 Å². The van der Waals surface area contributed by atoms with Gasteiger partial charge < -0.3 is 10.1 Å². The fourth-order valence-corrected chi connectivity index (χ4v) is 3.06. The van der Waals surface area contributed by atoms with Crippen LogP contribution < -0.4 is 5.32 Å². The minimum absolute atomic E-state index is 0. The summed E-state index contributed by atoms with van der Waals surface area (Å²) in [5.41, 5.74) is 4.68. The van der Waals surface area contributed by atoms with Gasteiger partial charge in [0.15, 0.2) is 0 Å². The highest BCUT2D eigenvalue weighted by molar-refractivity contribution is 5.85. The molecule has 2 aliphatic rings. The molecule has 0 amide bonds. The average Bonchev–Trinajstić information content (AvgIpc) is 2.60. The lowest BCUT2D eigenvalue weighted by Gasteiger charge is -2.34. The van der Waals surface area contributed by atoms with Crippen LogP contribution >= 0.6 is 12.4 Å². The number of halogens is 1. The van der Waals surface area contributed by atoms with Crippen molar-refractivity contribution in [2.24, 2.45) is 0 Å². The van der Waals surface area contributed by atoms with Crippen LogP contribution in [0.25, 0.3) is 0 Å². The Morgan fingerprint density at radius 3 is 2.75 bits per heavy atom. The van der Waals surface area contributed by atoms with Gasteiger partial charge in [0.2, 0.25) is 0 Å². The predicted molar refractivity (Wildman–Crippen MR) is 68.6 cm³/mol. The summed E-state index contributed by atoms with van der Waals surface area (Å²) in [6.45, 7) is 5.14. The smallest absolute Gasteiger partial charge is 0.0475 e. The zero-order chi connectivity index (χ0) is 10.3. The number of anilines is 1. The summed E-state index contributed by atoms with van der Waals surface area (Å²) in [7, 11) is 0. The quantitative estimate of drug-likeness (QED) is 0.752. The maximum atomic E-state index is 5.48. The van der Waals surface area contributed by atoms with E-state index in [1.165, 1.54) is 11.3 Å². The van der Waals surface area contributed by atoms with E-state index in [9.17, 15) is 0 Å². The third-order valence-electron chi connectivity index (χ3n) is 3.87. The molecular weight excluding hydrogens is 222 g/mol. The predicted octanol–water partition coefficient (Wildman–Crippen LogP) is 2.89. The molecule has 88 valence electrons. The van der Waals surface area contributed by atoms with Gasteiger partial charge in [-0.05, 0) is 37.0 Å². The molecule has 3 rings (SSSR count). The fraction of sp³-hybridized carbons (Fsp3) is 0.538. The van der Waals surface area contributed by atoms with E-state index in [4.69, 9.17) is 4.74 Å². The number of hydrogen-bond acceptors (Lipinski definition) is 2. The molecular formula is C13H18ClNO. The second-order valence-electron chi connectivity index (χ2n) is 4.74. The molecule has 0 saturated carbocycles. The van der Waals surface area contributed by atoms with Gasteiger partial charge in [0.05, 0.1) is 0 Å². The van der Waals surface area contributed by atoms with Crippen LogP contribution in [-0.4, -0.2) is 19.8 Å². The summed E-state index contributed by atoms with van der Waals surface area (Å²) in [6, 6.07) is 6.56. The van der Waals surface area contributed by atoms with E-state index < -0.39 is 0 Å². The number of aryl methyl sites for hydroxylation is 1. The Morgan fingerprint density at radius 2 is 2.00 bits per heavy atom. The monoisotopic (exact) mass is 239 g/mol. The van der Waals surface area contributed by atoms with E-state index >= 15 is 0 Å². The summed E-state index contributed by atoms with van der Waals surface area (Å²) in [6.07, 6.45) is 2.33. The molecule has 0 aliphatic carbocycles. The molecule has 0 radical (unpaired) electrons. The highest BCUT2D eigenvalue weighted by Crippen LogP contribution is 2.44. The van der Waals surface area contributed by atoms with Crippen molar-refractivity contribution in [2.75, 3.05) is 25.1 Å². The number of benzene rings is 1. The van der Waals surface area contributed by atoms with Crippen molar-refractivity contribution in [3.8, 4) is 0 Å². The van der Waals surface area contributed by atoms with E-state index in [1.54, 1.807) is 5.56 Å². The first-order valence-electron chi connectivity index (χ1n) is 5.74. The molecule has 1 aromatic rings. The molecule has 2 heterocycles. The average molecular weight is 240 g/mol. The standard InChI is InChI=1S/C13H17NO.ClH/c1-10-3-2-4-11-12(10)13(9-14-11)5-7-15-8-6-13;/h2-4,14H,5-9H2,1H3;1H. The normalized spacial score (nSPS) is 21.1. The second kappa shape index (κ2) is 4.27. The van der Waals surface area contributed by atoms with Crippen LogP contribution in [0.4, 0.5) is 5.69 Å². The van der Waals surface area contributed by atoms with Gasteiger partial charge in [0.1, 0.15) is 0 Å². The van der Waals surface area contributed by atoms with Crippen LogP contribution in [-0.2, 0) is 10.2 Å². The molecule has 1 fully saturated rings. The summed E-state index contributed by atoms with van der Waals surface area (Å²) in [5.74, 6) is 0. The second-order valence-corrected chi connectivity index (χ2v) is 4.74. The van der Waals surface area contributed by atoms with Gasteiger partial charge in [-0.15, -0.1) is 12.4 Å². The lowest BCUT2D eigenvalue weighted by atomic mass is 9.74. The highest BCUT2D eigenvalue weighted by atomic mass is 35.5. The van der Waals surface area contributed by atoms with E-state index in [2.05, 4.69) is 30.4 Å². The molecule has 1 aromatic carbocycles. The SMILES string of the molecule is Cc1cccc2c1C1(CCOCC1)CN2.Cl. The Labute approximate surface area is 103 Å². The lowest BCUT2D eigenvalue weighted by molar-refractivity contribution is 0.0565. The zero-order valence-electron chi connectivity index (χ0n) is 9.58. The van der Waals surface area contributed by atoms with Crippen molar-refractivity contribution in [1.82, 2.24) is 0 Å². The summed E-state index contributed by atoms with van der Waals surface area (Å²) >= 11 is 0. The first-order chi connectivity index (χ1) is 7.32. The topological polar surface area (TPSA) is 21.3 Å². The maximum absolute atomic E-state index is 5.48. The molecule has 1 N–H and O–H groups in total. The molecule has 1 saturated heterocycles. The van der Waals surface area contributed by atoms with E-state index in [1.807, 2.05) is 0 Å². The van der Waals surface area contributed by atoms with Gasteiger partial charge >= 0.3 is 0 Å². The van der Waals surface area contributed by atoms with E-state index in [0.29, 0.717) is 5.41 Å². The van der Waals surface area contributed by atoms with Crippen molar-refractivity contribution in [3.63, 3.8) is 0 Å². The first kappa shape index (κ1) is 11.7. The summed E-state index contributed by atoms with van der Waals surface area (Å²) in [5, 5.41) is 3.55. The molecule has 0 aromatic heterocycles. The van der Waals surface area contributed by atoms with Gasteiger partial charge in [-0.2, -0.15) is 0 Å². The van der Waals surface area contributed by atoms with Crippen molar-refractivity contribution >= 4 is 18.1 Å². The molecule has 1 spiro atoms. The molecule has 16 heavy (non-hydrogen) atoms. The van der Waals surface area contributed by atoms with Crippen molar-refractivity contribution in [3.05, 3.63) is 29.3 Å². The van der Waals surface area contributed by atoms with Crippen LogP contribution in [0.2, 0.25) is 0 Å². The third kappa shape index (κ3) is 1.61. The molecule has 0 bridgehead atoms. The van der Waals surface area contributed by atoms with E-state index in [-0.39, 0.29) is 12.4 Å².